The molecule has 2 aliphatic rings. The number of rotatable bonds is 8. The van der Waals surface area contributed by atoms with Gasteiger partial charge < -0.3 is 24.0 Å². The van der Waals surface area contributed by atoms with Gasteiger partial charge in [0.15, 0.2) is 0 Å². The molecule has 2 amide bonds. The first-order chi connectivity index (χ1) is 15.9. The van der Waals surface area contributed by atoms with Gasteiger partial charge in [-0.1, -0.05) is 31.7 Å². The summed E-state index contributed by atoms with van der Waals surface area (Å²) in [4.78, 5) is 42.4. The number of hydrogen-bond donors (Lipinski definition) is 0. The van der Waals surface area contributed by atoms with Crippen LogP contribution >= 0.6 is 0 Å². The maximum absolute atomic E-state index is 13.2. The lowest BCUT2D eigenvalue weighted by Gasteiger charge is -2.34. The summed E-state index contributed by atoms with van der Waals surface area (Å²) in [5.41, 5.74) is 0.960. The van der Waals surface area contributed by atoms with Crippen molar-refractivity contribution in [3.63, 3.8) is 0 Å². The van der Waals surface area contributed by atoms with Crippen molar-refractivity contribution in [2.45, 2.75) is 26.4 Å². The van der Waals surface area contributed by atoms with E-state index in [-0.39, 0.29) is 17.7 Å². The van der Waals surface area contributed by atoms with E-state index in [1.54, 1.807) is 41.0 Å². The highest BCUT2D eigenvalue weighted by atomic mass is 16.5. The van der Waals surface area contributed by atoms with E-state index in [9.17, 15) is 14.4 Å². The Balaban J connectivity index is 1.72. The molecule has 0 aromatic heterocycles. The minimum atomic E-state index is -0.840. The Kier molecular flexibility index (Phi) is 9.03. The third kappa shape index (κ3) is 6.65. The second-order valence-corrected chi connectivity index (χ2v) is 8.62. The third-order valence-electron chi connectivity index (χ3n) is 6.12. The minimum Gasteiger partial charge on any atom is -0.453 e. The van der Waals surface area contributed by atoms with E-state index in [2.05, 4.69) is 6.58 Å². The standard InChI is InChI=1S/C25H34N2O6/c1-18(17-19(2)23(28)26-9-13-31-14-10-26)22(33-25(30)21-7-5-4-6-8-21)20(3)24(29)27-11-15-32-16-12-27/h4-8,19-20,22H,1,9-17H2,2-3H3/t19-,20+,22+/m1/s1. The second kappa shape index (κ2) is 12.0. The van der Waals surface area contributed by atoms with E-state index in [1.807, 2.05) is 13.0 Å². The van der Waals surface area contributed by atoms with E-state index >= 15 is 0 Å². The van der Waals surface area contributed by atoms with E-state index in [0.717, 1.165) is 0 Å². The summed E-state index contributed by atoms with van der Waals surface area (Å²) in [5, 5.41) is 0. The molecule has 2 aliphatic heterocycles. The molecule has 0 saturated carbocycles. The zero-order chi connectivity index (χ0) is 23.8. The van der Waals surface area contributed by atoms with Gasteiger partial charge in [0.05, 0.1) is 37.9 Å². The maximum Gasteiger partial charge on any atom is 0.338 e. The van der Waals surface area contributed by atoms with Gasteiger partial charge in [-0.15, -0.1) is 0 Å². The molecule has 0 spiro atoms. The molecule has 33 heavy (non-hydrogen) atoms. The Bertz CT molecular complexity index is 831. The number of carbonyl (C=O) groups excluding carboxylic acids is 3. The van der Waals surface area contributed by atoms with Gasteiger partial charge in [0, 0.05) is 32.1 Å². The number of benzene rings is 1. The zero-order valence-corrected chi connectivity index (χ0v) is 19.5. The lowest BCUT2D eigenvalue weighted by molar-refractivity contribution is -0.142. The second-order valence-electron chi connectivity index (χ2n) is 8.62. The molecule has 0 aliphatic carbocycles. The fourth-order valence-electron chi connectivity index (χ4n) is 4.19. The Morgan fingerprint density at radius 1 is 0.909 bits per heavy atom. The molecule has 180 valence electrons. The highest BCUT2D eigenvalue weighted by molar-refractivity contribution is 5.90. The van der Waals surface area contributed by atoms with Crippen molar-refractivity contribution >= 4 is 17.8 Å². The van der Waals surface area contributed by atoms with Crippen molar-refractivity contribution in [3.8, 4) is 0 Å². The van der Waals surface area contributed by atoms with Gasteiger partial charge in [-0.05, 0) is 31.1 Å². The van der Waals surface area contributed by atoms with E-state index in [1.165, 1.54) is 0 Å². The first kappa shape index (κ1) is 24.9. The molecule has 1 aromatic carbocycles. The average Bonchev–Trinajstić information content (AvgIpc) is 2.87. The first-order valence-corrected chi connectivity index (χ1v) is 11.5. The predicted molar refractivity (Wildman–Crippen MR) is 123 cm³/mol. The predicted octanol–water partition coefficient (Wildman–Crippen LogP) is 2.15. The third-order valence-corrected chi connectivity index (χ3v) is 6.12. The van der Waals surface area contributed by atoms with Crippen LogP contribution in [0.1, 0.15) is 30.6 Å². The molecule has 0 unspecified atom stereocenters. The lowest BCUT2D eigenvalue weighted by atomic mass is 9.90. The molecule has 1 aromatic rings. The summed E-state index contributed by atoms with van der Waals surface area (Å²) in [6.07, 6.45) is -0.517. The largest absolute Gasteiger partial charge is 0.453 e. The topological polar surface area (TPSA) is 85.4 Å². The van der Waals surface area contributed by atoms with Crippen molar-refractivity contribution < 1.29 is 28.6 Å². The van der Waals surface area contributed by atoms with Crippen LogP contribution in [0.5, 0.6) is 0 Å². The maximum atomic E-state index is 13.2. The van der Waals surface area contributed by atoms with Crippen LogP contribution in [0.25, 0.3) is 0 Å². The summed E-state index contributed by atoms with van der Waals surface area (Å²) in [5.74, 6) is -1.60. The Labute approximate surface area is 195 Å². The van der Waals surface area contributed by atoms with Crippen molar-refractivity contribution in [1.29, 1.82) is 0 Å². The molecule has 2 heterocycles. The average molecular weight is 459 g/mol. The summed E-state index contributed by atoms with van der Waals surface area (Å²) < 4.78 is 16.5. The van der Waals surface area contributed by atoms with Crippen LogP contribution in [0.15, 0.2) is 42.5 Å². The molecule has 3 atom stereocenters. The SMILES string of the molecule is C=C(C[C@@H](C)C(=O)N1CCOCC1)[C@H](OC(=O)c1ccccc1)[C@H](C)C(=O)N1CCOCC1. The quantitative estimate of drug-likeness (QED) is 0.438. The van der Waals surface area contributed by atoms with Crippen molar-refractivity contribution in [2.75, 3.05) is 52.6 Å². The summed E-state index contributed by atoms with van der Waals surface area (Å²) >= 11 is 0. The van der Waals surface area contributed by atoms with Gasteiger partial charge in [0.1, 0.15) is 6.10 Å². The number of ether oxygens (including phenoxy) is 3. The number of nitrogens with zero attached hydrogens (tertiary/aromatic N) is 2. The summed E-state index contributed by atoms with van der Waals surface area (Å²) in [6, 6.07) is 8.66. The molecule has 0 N–H and O–H groups in total. The minimum absolute atomic E-state index is 0.0137. The van der Waals surface area contributed by atoms with Crippen LogP contribution in [0.3, 0.4) is 0 Å². The highest BCUT2D eigenvalue weighted by Crippen LogP contribution is 2.26. The molecule has 0 bridgehead atoms. The van der Waals surface area contributed by atoms with Crippen LogP contribution in [-0.4, -0.2) is 86.3 Å². The fraction of sp³-hybridized carbons (Fsp3) is 0.560. The normalized spacial score (nSPS) is 19.3. The van der Waals surface area contributed by atoms with Crippen LogP contribution in [0, 0.1) is 11.8 Å². The Morgan fingerprint density at radius 2 is 1.42 bits per heavy atom. The molecule has 2 saturated heterocycles. The molecular formula is C25H34N2O6. The zero-order valence-electron chi connectivity index (χ0n) is 19.5. The Morgan fingerprint density at radius 3 is 1.97 bits per heavy atom. The summed E-state index contributed by atoms with van der Waals surface area (Å²) in [6.45, 7) is 11.9. The molecular weight excluding hydrogens is 424 g/mol. The van der Waals surface area contributed by atoms with E-state index in [4.69, 9.17) is 14.2 Å². The number of esters is 1. The van der Waals surface area contributed by atoms with Gasteiger partial charge >= 0.3 is 5.97 Å². The van der Waals surface area contributed by atoms with E-state index < -0.39 is 18.0 Å². The molecule has 8 nitrogen and oxygen atoms in total. The van der Waals surface area contributed by atoms with Crippen molar-refractivity contribution in [2.24, 2.45) is 11.8 Å². The van der Waals surface area contributed by atoms with Crippen molar-refractivity contribution in [3.05, 3.63) is 48.0 Å². The highest BCUT2D eigenvalue weighted by Gasteiger charge is 2.35. The van der Waals surface area contributed by atoms with Crippen molar-refractivity contribution in [1.82, 2.24) is 9.80 Å². The summed E-state index contributed by atoms with van der Waals surface area (Å²) in [7, 11) is 0. The smallest absolute Gasteiger partial charge is 0.338 e. The van der Waals surface area contributed by atoms with Crippen LogP contribution in [0.4, 0.5) is 0 Å². The number of carbonyl (C=O) groups is 3. The van der Waals surface area contributed by atoms with Gasteiger partial charge in [-0.25, -0.2) is 4.79 Å². The van der Waals surface area contributed by atoms with Gasteiger partial charge in [-0.2, -0.15) is 0 Å². The van der Waals surface area contributed by atoms with Crippen LogP contribution in [-0.2, 0) is 23.8 Å². The number of amides is 2. The molecule has 3 rings (SSSR count). The number of hydrogen-bond acceptors (Lipinski definition) is 6. The first-order valence-electron chi connectivity index (χ1n) is 11.5. The van der Waals surface area contributed by atoms with Crippen LogP contribution < -0.4 is 0 Å². The van der Waals surface area contributed by atoms with Gasteiger partial charge in [0.25, 0.3) is 0 Å². The molecule has 8 heteroatoms. The monoisotopic (exact) mass is 458 g/mol. The molecule has 0 radical (unpaired) electrons. The van der Waals surface area contributed by atoms with E-state index in [0.29, 0.717) is 70.2 Å². The van der Waals surface area contributed by atoms with Gasteiger partial charge in [-0.3, -0.25) is 9.59 Å². The lowest BCUT2D eigenvalue weighted by Crippen LogP contribution is -2.47. The number of morpholine rings is 2. The fourth-order valence-corrected chi connectivity index (χ4v) is 4.19. The van der Waals surface area contributed by atoms with Crippen LogP contribution in [0.2, 0.25) is 0 Å². The van der Waals surface area contributed by atoms with Gasteiger partial charge in [0.2, 0.25) is 11.8 Å². The Hall–Kier alpha value is -2.71. The molecule has 2 fully saturated rings.